The number of carbonyl (C=O) groups is 3. The van der Waals surface area contributed by atoms with Crippen LogP contribution in [-0.4, -0.2) is 54.4 Å². The first-order valence-corrected chi connectivity index (χ1v) is 11.0. The molecular weight excluding hydrogens is 444 g/mol. The number of aromatic nitrogens is 1. The molecule has 1 fully saturated rings. The Bertz CT molecular complexity index is 1000. The average molecular weight is 473 g/mol. The highest BCUT2D eigenvalue weighted by atomic mass is 35.5. The summed E-state index contributed by atoms with van der Waals surface area (Å²) in [4.78, 5) is 44.2. The summed E-state index contributed by atoms with van der Waals surface area (Å²) >= 11 is 0. The van der Waals surface area contributed by atoms with Crippen LogP contribution in [-0.2, 0) is 32.0 Å². The maximum absolute atomic E-state index is 12.9. The molecule has 2 aromatic rings. The van der Waals surface area contributed by atoms with Gasteiger partial charge in [-0.3, -0.25) is 9.59 Å². The smallest absolute Gasteiger partial charge is 0.333 e. The number of rotatable bonds is 6. The highest BCUT2D eigenvalue weighted by Crippen LogP contribution is 2.23. The van der Waals surface area contributed by atoms with Crippen LogP contribution in [0.25, 0.3) is 0 Å². The number of nitrogens with one attached hydrogen (secondary N) is 2. The van der Waals surface area contributed by atoms with E-state index in [-0.39, 0.29) is 36.6 Å². The number of halogens is 1. The van der Waals surface area contributed by atoms with Crippen LogP contribution >= 0.6 is 12.4 Å². The fourth-order valence-corrected chi connectivity index (χ4v) is 4.24. The number of carbonyl (C=O) groups excluding carboxylic acids is 3. The van der Waals surface area contributed by atoms with Crippen molar-refractivity contribution in [1.29, 1.82) is 0 Å². The molecule has 0 spiro atoms. The van der Waals surface area contributed by atoms with Gasteiger partial charge in [0.2, 0.25) is 11.8 Å². The third-order valence-electron chi connectivity index (χ3n) is 6.05. The summed E-state index contributed by atoms with van der Waals surface area (Å²) in [5.74, 6) is -0.322. The molecule has 1 aromatic heterocycles. The van der Waals surface area contributed by atoms with E-state index >= 15 is 0 Å². The second-order valence-corrected chi connectivity index (χ2v) is 8.22. The van der Waals surface area contributed by atoms with Crippen LogP contribution < -0.4 is 10.6 Å². The number of esters is 1. The zero-order chi connectivity index (χ0) is 22.5. The summed E-state index contributed by atoms with van der Waals surface area (Å²) in [5.41, 5.74) is 2.57. The molecule has 1 aromatic carbocycles. The summed E-state index contributed by atoms with van der Waals surface area (Å²) in [6, 6.07) is 12.1. The monoisotopic (exact) mass is 472 g/mol. The number of fused-ring (bicyclic) bond motifs is 1. The standard InChI is InChI=1S/C24H28N4O4.ClH/c1-32-24(31)21(16-6-3-2-4-7-16)27-23(30)18-11-13-28(15-18)20(29)14-19-10-9-17-8-5-12-25-22(17)26-19;/h2-4,6-7,9-10,18,21H,5,8,11-15H2,1H3,(H,25,26)(H,27,30);1H/t18?,21-;/m1./s1. The van der Waals surface area contributed by atoms with E-state index in [1.54, 1.807) is 29.2 Å². The van der Waals surface area contributed by atoms with Crippen LogP contribution in [0.2, 0.25) is 0 Å². The minimum atomic E-state index is -0.870. The van der Waals surface area contributed by atoms with Gasteiger partial charge in [-0.05, 0) is 36.5 Å². The largest absolute Gasteiger partial charge is 0.467 e. The minimum Gasteiger partial charge on any atom is -0.467 e. The van der Waals surface area contributed by atoms with Gasteiger partial charge in [0.25, 0.3) is 0 Å². The van der Waals surface area contributed by atoms with Crippen LogP contribution in [0.3, 0.4) is 0 Å². The SMILES string of the molecule is COC(=O)[C@H](NC(=O)C1CCN(C(=O)Cc2ccc3c(n2)NCCC3)C1)c1ccccc1.Cl. The van der Waals surface area contributed by atoms with Crippen LogP contribution in [0.4, 0.5) is 5.82 Å². The predicted octanol–water partition coefficient (Wildman–Crippen LogP) is 2.28. The van der Waals surface area contributed by atoms with Gasteiger partial charge in [-0.25, -0.2) is 9.78 Å². The number of pyridine rings is 1. The molecule has 2 aliphatic heterocycles. The number of ether oxygens (including phenoxy) is 1. The molecule has 2 aliphatic rings. The zero-order valence-corrected chi connectivity index (χ0v) is 19.4. The van der Waals surface area contributed by atoms with Crippen molar-refractivity contribution in [2.24, 2.45) is 5.92 Å². The van der Waals surface area contributed by atoms with Crippen LogP contribution in [0, 0.1) is 5.92 Å². The Morgan fingerprint density at radius 1 is 1.21 bits per heavy atom. The lowest BCUT2D eigenvalue weighted by molar-refractivity contribution is -0.145. The third kappa shape index (κ3) is 5.82. The van der Waals surface area contributed by atoms with Crippen LogP contribution in [0.5, 0.6) is 0 Å². The van der Waals surface area contributed by atoms with E-state index in [1.165, 1.54) is 12.7 Å². The van der Waals surface area contributed by atoms with E-state index in [2.05, 4.69) is 15.6 Å². The second-order valence-electron chi connectivity index (χ2n) is 8.22. The first-order chi connectivity index (χ1) is 15.5. The molecule has 33 heavy (non-hydrogen) atoms. The quantitative estimate of drug-likeness (QED) is 0.625. The van der Waals surface area contributed by atoms with Gasteiger partial charge in [0.15, 0.2) is 6.04 Å². The first-order valence-electron chi connectivity index (χ1n) is 11.0. The molecule has 1 saturated heterocycles. The van der Waals surface area contributed by atoms with E-state index in [0.29, 0.717) is 25.1 Å². The number of benzene rings is 1. The maximum Gasteiger partial charge on any atom is 0.333 e. The fourth-order valence-electron chi connectivity index (χ4n) is 4.24. The average Bonchev–Trinajstić information content (AvgIpc) is 3.33. The molecule has 2 atom stereocenters. The third-order valence-corrected chi connectivity index (χ3v) is 6.05. The Kier molecular flexibility index (Phi) is 8.27. The molecule has 9 heteroatoms. The molecule has 0 aliphatic carbocycles. The van der Waals surface area contributed by atoms with Crippen molar-refractivity contribution >= 4 is 36.0 Å². The van der Waals surface area contributed by atoms with E-state index in [0.717, 1.165) is 30.9 Å². The van der Waals surface area contributed by atoms with E-state index in [9.17, 15) is 14.4 Å². The number of methoxy groups -OCH3 is 1. The van der Waals surface area contributed by atoms with Crippen molar-refractivity contribution < 1.29 is 19.1 Å². The number of likely N-dealkylation sites (tertiary alicyclic amines) is 1. The van der Waals surface area contributed by atoms with Crippen molar-refractivity contribution in [3.63, 3.8) is 0 Å². The minimum absolute atomic E-state index is 0. The van der Waals surface area contributed by atoms with Gasteiger partial charge in [0.05, 0.1) is 25.1 Å². The van der Waals surface area contributed by atoms with E-state index in [1.807, 2.05) is 18.2 Å². The van der Waals surface area contributed by atoms with E-state index in [4.69, 9.17) is 4.74 Å². The number of anilines is 1. The lowest BCUT2D eigenvalue weighted by Gasteiger charge is -2.20. The molecule has 176 valence electrons. The lowest BCUT2D eigenvalue weighted by Crippen LogP contribution is -2.40. The summed E-state index contributed by atoms with van der Waals surface area (Å²) in [6.45, 7) is 1.74. The van der Waals surface area contributed by atoms with Crippen molar-refractivity contribution in [2.45, 2.75) is 31.7 Å². The Hall–Kier alpha value is -3.13. The molecule has 8 nitrogen and oxygen atoms in total. The molecule has 2 amide bonds. The molecule has 1 unspecified atom stereocenters. The molecule has 4 rings (SSSR count). The molecule has 0 radical (unpaired) electrons. The summed E-state index contributed by atoms with van der Waals surface area (Å²) in [6.07, 6.45) is 2.85. The molecule has 0 bridgehead atoms. The van der Waals surface area contributed by atoms with E-state index < -0.39 is 12.0 Å². The zero-order valence-electron chi connectivity index (χ0n) is 18.6. The van der Waals surface area contributed by atoms with Gasteiger partial charge in [-0.1, -0.05) is 36.4 Å². The molecule has 0 saturated carbocycles. The topological polar surface area (TPSA) is 101 Å². The lowest BCUT2D eigenvalue weighted by atomic mass is 10.0. The second kappa shape index (κ2) is 11.1. The van der Waals surface area contributed by atoms with Gasteiger partial charge in [-0.15, -0.1) is 12.4 Å². The van der Waals surface area contributed by atoms with Gasteiger partial charge in [0, 0.05) is 19.6 Å². The van der Waals surface area contributed by atoms with Crippen LogP contribution in [0.1, 0.15) is 35.7 Å². The molecular formula is C24H29ClN4O4. The first kappa shape index (κ1) is 24.5. The Balaban J connectivity index is 0.00000306. The highest BCUT2D eigenvalue weighted by Gasteiger charge is 2.34. The van der Waals surface area contributed by atoms with Crippen molar-refractivity contribution in [2.75, 3.05) is 32.1 Å². The van der Waals surface area contributed by atoms with Crippen molar-refractivity contribution in [1.82, 2.24) is 15.2 Å². The Morgan fingerprint density at radius 3 is 2.76 bits per heavy atom. The predicted molar refractivity (Wildman–Crippen MR) is 126 cm³/mol. The summed E-state index contributed by atoms with van der Waals surface area (Å²) in [7, 11) is 1.30. The number of hydrogen-bond acceptors (Lipinski definition) is 6. The number of amides is 2. The normalized spacial score (nSPS) is 17.7. The Morgan fingerprint density at radius 2 is 2.00 bits per heavy atom. The fraction of sp³-hybridized carbons (Fsp3) is 0.417. The highest BCUT2D eigenvalue weighted by molar-refractivity contribution is 5.88. The maximum atomic E-state index is 12.9. The number of aryl methyl sites for hydroxylation is 1. The van der Waals surface area contributed by atoms with Gasteiger partial charge < -0.3 is 20.3 Å². The van der Waals surface area contributed by atoms with Gasteiger partial charge in [0.1, 0.15) is 5.82 Å². The Labute approximate surface area is 199 Å². The van der Waals surface area contributed by atoms with Crippen molar-refractivity contribution in [3.8, 4) is 0 Å². The molecule has 3 heterocycles. The molecule has 2 N–H and O–H groups in total. The summed E-state index contributed by atoms with van der Waals surface area (Å²) in [5, 5.41) is 6.08. The van der Waals surface area contributed by atoms with Crippen LogP contribution in [0.15, 0.2) is 42.5 Å². The van der Waals surface area contributed by atoms with Gasteiger partial charge >= 0.3 is 5.97 Å². The van der Waals surface area contributed by atoms with Gasteiger partial charge in [-0.2, -0.15) is 0 Å². The number of nitrogens with zero attached hydrogens (tertiary/aromatic N) is 2. The summed E-state index contributed by atoms with van der Waals surface area (Å²) < 4.78 is 4.87. The van der Waals surface area contributed by atoms with Crippen molar-refractivity contribution in [3.05, 3.63) is 59.3 Å². The number of hydrogen-bond donors (Lipinski definition) is 2.